The van der Waals surface area contributed by atoms with Crippen LogP contribution < -0.4 is 0 Å². The zero-order valence-electron chi connectivity index (χ0n) is 9.92. The highest BCUT2D eigenvalue weighted by Crippen LogP contribution is 2.24. The van der Waals surface area contributed by atoms with Crippen molar-refractivity contribution in [1.82, 2.24) is 14.8 Å². The van der Waals surface area contributed by atoms with Gasteiger partial charge in [0.2, 0.25) is 0 Å². The zero-order valence-corrected chi connectivity index (χ0v) is 11.5. The molecule has 94 valence electrons. The summed E-state index contributed by atoms with van der Waals surface area (Å²) in [6.07, 6.45) is 4.99. The van der Waals surface area contributed by atoms with Gasteiger partial charge in [-0.2, -0.15) is 5.10 Å². The van der Waals surface area contributed by atoms with Gasteiger partial charge in [-0.3, -0.25) is 19.8 Å². The van der Waals surface area contributed by atoms with E-state index in [-0.39, 0.29) is 10.6 Å². The SMILES string of the molecule is Cc1cnc(Cn2cc(Br)cn2)c(C)c1[N+](=O)[O-]. The summed E-state index contributed by atoms with van der Waals surface area (Å²) in [6.45, 7) is 3.82. The number of halogens is 1. The minimum atomic E-state index is -0.366. The van der Waals surface area contributed by atoms with Gasteiger partial charge < -0.3 is 0 Å². The van der Waals surface area contributed by atoms with Crippen molar-refractivity contribution in [2.75, 3.05) is 0 Å². The van der Waals surface area contributed by atoms with E-state index < -0.39 is 0 Å². The van der Waals surface area contributed by atoms with Crippen LogP contribution >= 0.6 is 15.9 Å². The second-order valence-electron chi connectivity index (χ2n) is 3.97. The van der Waals surface area contributed by atoms with Crippen LogP contribution in [0.5, 0.6) is 0 Å². The first-order valence-corrected chi connectivity index (χ1v) is 6.05. The smallest absolute Gasteiger partial charge is 0.266 e. The predicted molar refractivity (Wildman–Crippen MR) is 69.4 cm³/mol. The van der Waals surface area contributed by atoms with Gasteiger partial charge in [0.05, 0.1) is 33.4 Å². The van der Waals surface area contributed by atoms with Gasteiger partial charge >= 0.3 is 0 Å². The molecule has 0 atom stereocenters. The second kappa shape index (κ2) is 4.85. The molecule has 2 aromatic rings. The monoisotopic (exact) mass is 310 g/mol. The Bertz CT molecular complexity index is 609. The topological polar surface area (TPSA) is 73.8 Å². The van der Waals surface area contributed by atoms with Crippen LogP contribution in [-0.4, -0.2) is 19.7 Å². The molecular formula is C11H11BrN4O2. The fourth-order valence-electron chi connectivity index (χ4n) is 1.78. The molecule has 2 aromatic heterocycles. The number of hydrogen-bond acceptors (Lipinski definition) is 4. The lowest BCUT2D eigenvalue weighted by molar-refractivity contribution is -0.386. The number of nitrogens with zero attached hydrogens (tertiary/aromatic N) is 4. The number of hydrogen-bond donors (Lipinski definition) is 0. The quantitative estimate of drug-likeness (QED) is 0.645. The summed E-state index contributed by atoms with van der Waals surface area (Å²) in [4.78, 5) is 14.9. The van der Waals surface area contributed by atoms with Crippen LogP contribution in [0, 0.1) is 24.0 Å². The van der Waals surface area contributed by atoms with Crippen molar-refractivity contribution in [1.29, 1.82) is 0 Å². The van der Waals surface area contributed by atoms with Gasteiger partial charge in [-0.25, -0.2) is 0 Å². The third-order valence-corrected chi connectivity index (χ3v) is 3.08. The van der Waals surface area contributed by atoms with E-state index in [0.29, 0.717) is 23.4 Å². The van der Waals surface area contributed by atoms with Crippen molar-refractivity contribution in [2.24, 2.45) is 0 Å². The average Bonchev–Trinajstić information content (AvgIpc) is 2.68. The molecule has 0 saturated carbocycles. The van der Waals surface area contributed by atoms with Crippen molar-refractivity contribution < 1.29 is 4.92 Å². The lowest BCUT2D eigenvalue weighted by Crippen LogP contribution is -2.07. The first kappa shape index (κ1) is 12.7. The normalized spacial score (nSPS) is 10.6. The highest BCUT2D eigenvalue weighted by atomic mass is 79.9. The average molecular weight is 311 g/mol. The Kier molecular flexibility index (Phi) is 3.42. The van der Waals surface area contributed by atoms with Crippen LogP contribution in [0.1, 0.15) is 16.8 Å². The molecule has 0 aliphatic rings. The Labute approximate surface area is 112 Å². The molecule has 0 aromatic carbocycles. The van der Waals surface area contributed by atoms with Gasteiger partial charge in [-0.15, -0.1) is 0 Å². The largest absolute Gasteiger partial charge is 0.278 e. The fourth-order valence-corrected chi connectivity index (χ4v) is 2.11. The highest BCUT2D eigenvalue weighted by Gasteiger charge is 2.18. The number of nitro groups is 1. The van der Waals surface area contributed by atoms with E-state index in [4.69, 9.17) is 0 Å². The van der Waals surface area contributed by atoms with Crippen molar-refractivity contribution in [3.63, 3.8) is 0 Å². The molecule has 0 saturated heterocycles. The van der Waals surface area contributed by atoms with E-state index >= 15 is 0 Å². The van der Waals surface area contributed by atoms with Crippen molar-refractivity contribution in [3.8, 4) is 0 Å². The summed E-state index contributed by atoms with van der Waals surface area (Å²) >= 11 is 3.30. The first-order valence-electron chi connectivity index (χ1n) is 5.26. The lowest BCUT2D eigenvalue weighted by atomic mass is 10.1. The van der Waals surface area contributed by atoms with Crippen LogP contribution in [0.3, 0.4) is 0 Å². The van der Waals surface area contributed by atoms with E-state index in [1.165, 1.54) is 6.20 Å². The van der Waals surface area contributed by atoms with Crippen molar-refractivity contribution >= 4 is 21.6 Å². The molecule has 0 radical (unpaired) electrons. The van der Waals surface area contributed by atoms with Crippen LogP contribution in [0.15, 0.2) is 23.1 Å². The molecule has 0 fully saturated rings. The summed E-state index contributed by atoms with van der Waals surface area (Å²) in [5.41, 5.74) is 1.95. The third kappa shape index (κ3) is 2.40. The molecule has 0 spiro atoms. The van der Waals surface area contributed by atoms with Crippen LogP contribution in [0.25, 0.3) is 0 Å². The molecule has 2 heterocycles. The standard InChI is InChI=1S/C11H11BrN4O2/c1-7-3-13-10(8(2)11(7)16(17)18)6-15-5-9(12)4-14-15/h3-5H,6H2,1-2H3. The van der Waals surface area contributed by atoms with E-state index in [2.05, 4.69) is 26.0 Å². The molecule has 18 heavy (non-hydrogen) atoms. The summed E-state index contributed by atoms with van der Waals surface area (Å²) in [6, 6.07) is 0. The molecule has 0 amide bonds. The summed E-state index contributed by atoms with van der Waals surface area (Å²) < 4.78 is 2.54. The van der Waals surface area contributed by atoms with Crippen molar-refractivity contribution in [3.05, 3.63) is 50.0 Å². The maximum atomic E-state index is 11.0. The maximum absolute atomic E-state index is 11.0. The summed E-state index contributed by atoms with van der Waals surface area (Å²) in [7, 11) is 0. The Balaban J connectivity index is 2.40. The van der Waals surface area contributed by atoms with Crippen LogP contribution in [0.2, 0.25) is 0 Å². The molecular weight excluding hydrogens is 300 g/mol. The number of aromatic nitrogens is 3. The van der Waals surface area contributed by atoms with Gasteiger partial charge in [0.15, 0.2) is 0 Å². The molecule has 0 aliphatic heterocycles. The predicted octanol–water partition coefficient (Wildman–Crippen LogP) is 2.61. The summed E-state index contributed by atoms with van der Waals surface area (Å²) in [5, 5.41) is 15.1. The van der Waals surface area contributed by atoms with Gasteiger partial charge in [-0.1, -0.05) is 0 Å². The Morgan fingerprint density at radius 3 is 2.72 bits per heavy atom. The first-order chi connectivity index (χ1) is 8.49. The molecule has 0 unspecified atom stereocenters. The second-order valence-corrected chi connectivity index (χ2v) is 4.89. The van der Waals surface area contributed by atoms with Crippen LogP contribution in [0.4, 0.5) is 5.69 Å². The minimum Gasteiger partial charge on any atom is -0.266 e. The van der Waals surface area contributed by atoms with Crippen LogP contribution in [-0.2, 0) is 6.54 Å². The number of pyridine rings is 1. The van der Waals surface area contributed by atoms with E-state index in [1.54, 1.807) is 30.9 Å². The lowest BCUT2D eigenvalue weighted by Gasteiger charge is -2.07. The van der Waals surface area contributed by atoms with Gasteiger partial charge in [0, 0.05) is 18.0 Å². The summed E-state index contributed by atoms with van der Waals surface area (Å²) in [5.74, 6) is 0. The third-order valence-electron chi connectivity index (χ3n) is 2.67. The van der Waals surface area contributed by atoms with Gasteiger partial charge in [-0.05, 0) is 29.8 Å². The zero-order chi connectivity index (χ0) is 13.3. The highest BCUT2D eigenvalue weighted by molar-refractivity contribution is 9.10. The van der Waals surface area contributed by atoms with Crippen molar-refractivity contribution in [2.45, 2.75) is 20.4 Å². The number of aryl methyl sites for hydroxylation is 1. The van der Waals surface area contributed by atoms with E-state index in [0.717, 1.165) is 4.47 Å². The molecule has 0 N–H and O–H groups in total. The Morgan fingerprint density at radius 1 is 1.44 bits per heavy atom. The van der Waals surface area contributed by atoms with E-state index in [9.17, 15) is 10.1 Å². The van der Waals surface area contributed by atoms with E-state index in [1.807, 2.05) is 0 Å². The molecule has 2 rings (SSSR count). The molecule has 0 aliphatic carbocycles. The Hall–Kier alpha value is -1.76. The minimum absolute atomic E-state index is 0.131. The molecule has 7 heteroatoms. The molecule has 0 bridgehead atoms. The number of rotatable bonds is 3. The fraction of sp³-hybridized carbons (Fsp3) is 0.273. The Morgan fingerprint density at radius 2 is 2.17 bits per heavy atom. The van der Waals surface area contributed by atoms with Gasteiger partial charge in [0.25, 0.3) is 5.69 Å². The maximum Gasteiger partial charge on any atom is 0.278 e. The molecule has 6 nitrogen and oxygen atoms in total. The van der Waals surface area contributed by atoms with Gasteiger partial charge in [0.1, 0.15) is 0 Å².